The minimum atomic E-state index is 0.813. The Balaban J connectivity index is 1.48. The maximum Gasteiger partial charge on any atom is 0.0124 e. The highest BCUT2D eigenvalue weighted by molar-refractivity contribution is 4.89. The molecule has 1 aliphatic heterocycles. The summed E-state index contributed by atoms with van der Waals surface area (Å²) in [6, 6.07) is 1.77. The lowest BCUT2D eigenvalue weighted by atomic mass is 9.94. The van der Waals surface area contributed by atoms with E-state index in [0.717, 1.165) is 23.9 Å². The number of nitrogens with zero attached hydrogens (tertiary/aromatic N) is 1. The van der Waals surface area contributed by atoms with Gasteiger partial charge < -0.3 is 10.2 Å². The zero-order valence-electron chi connectivity index (χ0n) is 12.7. The van der Waals surface area contributed by atoms with Crippen LogP contribution in [0.15, 0.2) is 0 Å². The third-order valence-electron chi connectivity index (χ3n) is 6.18. The molecule has 2 heteroatoms. The van der Waals surface area contributed by atoms with Crippen molar-refractivity contribution in [2.24, 2.45) is 11.8 Å². The summed E-state index contributed by atoms with van der Waals surface area (Å²) in [6.07, 6.45) is 14.7. The molecule has 0 aromatic rings. The lowest BCUT2D eigenvalue weighted by Gasteiger charge is -2.31. The van der Waals surface area contributed by atoms with Crippen LogP contribution < -0.4 is 5.32 Å². The van der Waals surface area contributed by atoms with E-state index in [1.54, 1.807) is 0 Å². The van der Waals surface area contributed by atoms with E-state index in [0.29, 0.717) is 0 Å². The summed E-state index contributed by atoms with van der Waals surface area (Å²) in [7, 11) is 2.15. The molecule has 3 unspecified atom stereocenters. The summed E-state index contributed by atoms with van der Waals surface area (Å²) in [5.74, 6) is 2.00. The standard InChI is InChI=1S/C17H32N2/c1-18-16-9-4-8-14(16)11-13-19-12-5-10-17(19)15-6-2-3-7-15/h14-18H,2-13H2,1H3. The second kappa shape index (κ2) is 6.58. The van der Waals surface area contributed by atoms with Gasteiger partial charge in [0.2, 0.25) is 0 Å². The molecule has 0 bridgehead atoms. The Labute approximate surface area is 119 Å². The summed E-state index contributed by atoms with van der Waals surface area (Å²) in [6.45, 7) is 2.77. The van der Waals surface area contributed by atoms with Crippen molar-refractivity contribution < 1.29 is 0 Å². The maximum atomic E-state index is 3.54. The van der Waals surface area contributed by atoms with Crippen LogP contribution in [0.25, 0.3) is 0 Å². The van der Waals surface area contributed by atoms with Gasteiger partial charge in [-0.2, -0.15) is 0 Å². The van der Waals surface area contributed by atoms with Crippen molar-refractivity contribution in [2.75, 3.05) is 20.1 Å². The molecule has 0 amide bonds. The van der Waals surface area contributed by atoms with Gasteiger partial charge in [-0.05, 0) is 76.9 Å². The van der Waals surface area contributed by atoms with Crippen LogP contribution in [-0.2, 0) is 0 Å². The second-order valence-corrected chi connectivity index (χ2v) is 7.16. The van der Waals surface area contributed by atoms with E-state index in [1.807, 2.05) is 0 Å². The highest BCUT2D eigenvalue weighted by atomic mass is 15.2. The van der Waals surface area contributed by atoms with Crippen molar-refractivity contribution >= 4 is 0 Å². The lowest BCUT2D eigenvalue weighted by molar-refractivity contribution is 0.175. The van der Waals surface area contributed by atoms with E-state index in [4.69, 9.17) is 0 Å². The van der Waals surface area contributed by atoms with Crippen LogP contribution in [0.1, 0.15) is 64.2 Å². The molecule has 0 aromatic carbocycles. The molecule has 1 heterocycles. The molecular weight excluding hydrogens is 232 g/mol. The van der Waals surface area contributed by atoms with Gasteiger partial charge in [0, 0.05) is 12.1 Å². The largest absolute Gasteiger partial charge is 0.317 e. The SMILES string of the molecule is CNC1CCCC1CCN1CCCC1C1CCCC1. The lowest BCUT2D eigenvalue weighted by Crippen LogP contribution is -2.37. The van der Waals surface area contributed by atoms with Crippen LogP contribution in [-0.4, -0.2) is 37.1 Å². The Morgan fingerprint density at radius 1 is 0.947 bits per heavy atom. The zero-order valence-corrected chi connectivity index (χ0v) is 12.7. The molecule has 2 saturated carbocycles. The molecule has 3 rings (SSSR count). The van der Waals surface area contributed by atoms with Gasteiger partial charge in [0.1, 0.15) is 0 Å². The van der Waals surface area contributed by atoms with E-state index < -0.39 is 0 Å². The van der Waals surface area contributed by atoms with Gasteiger partial charge in [-0.1, -0.05) is 19.3 Å². The fraction of sp³-hybridized carbons (Fsp3) is 1.00. The zero-order chi connectivity index (χ0) is 13.1. The third kappa shape index (κ3) is 3.16. The molecule has 3 fully saturated rings. The summed E-state index contributed by atoms with van der Waals surface area (Å²) in [5.41, 5.74) is 0. The molecule has 3 aliphatic rings. The van der Waals surface area contributed by atoms with E-state index in [-0.39, 0.29) is 0 Å². The molecule has 1 N–H and O–H groups in total. The summed E-state index contributed by atoms with van der Waals surface area (Å²) < 4.78 is 0. The van der Waals surface area contributed by atoms with Crippen LogP contribution in [0.4, 0.5) is 0 Å². The Bertz CT molecular complexity index is 272. The van der Waals surface area contributed by atoms with Crippen LogP contribution >= 0.6 is 0 Å². The van der Waals surface area contributed by atoms with Crippen molar-refractivity contribution in [1.82, 2.24) is 10.2 Å². The third-order valence-corrected chi connectivity index (χ3v) is 6.18. The molecule has 1 saturated heterocycles. The summed E-state index contributed by atoms with van der Waals surface area (Å²) in [4.78, 5) is 2.86. The van der Waals surface area contributed by atoms with Crippen LogP contribution in [0.2, 0.25) is 0 Å². The van der Waals surface area contributed by atoms with Crippen molar-refractivity contribution in [2.45, 2.75) is 76.3 Å². The highest BCUT2D eigenvalue weighted by Gasteiger charge is 2.34. The van der Waals surface area contributed by atoms with Gasteiger partial charge in [0.05, 0.1) is 0 Å². The number of hydrogen-bond acceptors (Lipinski definition) is 2. The summed E-state index contributed by atoms with van der Waals surface area (Å²) in [5, 5.41) is 3.54. The number of hydrogen-bond donors (Lipinski definition) is 1. The van der Waals surface area contributed by atoms with E-state index in [2.05, 4.69) is 17.3 Å². The molecule has 110 valence electrons. The second-order valence-electron chi connectivity index (χ2n) is 7.16. The van der Waals surface area contributed by atoms with Crippen molar-refractivity contribution in [3.8, 4) is 0 Å². The van der Waals surface area contributed by atoms with E-state index in [9.17, 15) is 0 Å². The first-order valence-corrected chi connectivity index (χ1v) is 8.80. The molecule has 2 nitrogen and oxygen atoms in total. The van der Waals surface area contributed by atoms with Crippen LogP contribution in [0.3, 0.4) is 0 Å². The first-order valence-electron chi connectivity index (χ1n) is 8.80. The van der Waals surface area contributed by atoms with E-state index in [1.165, 1.54) is 77.3 Å². The number of likely N-dealkylation sites (tertiary alicyclic amines) is 1. The maximum absolute atomic E-state index is 3.54. The van der Waals surface area contributed by atoms with Gasteiger partial charge in [-0.15, -0.1) is 0 Å². The minimum absolute atomic E-state index is 0.813. The highest BCUT2D eigenvalue weighted by Crippen LogP contribution is 2.36. The van der Waals surface area contributed by atoms with Crippen molar-refractivity contribution in [3.05, 3.63) is 0 Å². The Kier molecular flexibility index (Phi) is 4.81. The minimum Gasteiger partial charge on any atom is -0.317 e. The molecule has 19 heavy (non-hydrogen) atoms. The Morgan fingerprint density at radius 3 is 2.58 bits per heavy atom. The predicted molar refractivity (Wildman–Crippen MR) is 81.4 cm³/mol. The first-order chi connectivity index (χ1) is 9.38. The van der Waals surface area contributed by atoms with Crippen LogP contribution in [0.5, 0.6) is 0 Å². The van der Waals surface area contributed by atoms with Gasteiger partial charge in [0.15, 0.2) is 0 Å². The molecule has 0 spiro atoms. The fourth-order valence-corrected chi connectivity index (χ4v) is 5.10. The monoisotopic (exact) mass is 264 g/mol. The van der Waals surface area contributed by atoms with E-state index >= 15 is 0 Å². The van der Waals surface area contributed by atoms with Gasteiger partial charge in [-0.25, -0.2) is 0 Å². The topological polar surface area (TPSA) is 15.3 Å². The average Bonchev–Trinajstić information content (AvgIpc) is 3.16. The van der Waals surface area contributed by atoms with Gasteiger partial charge >= 0.3 is 0 Å². The van der Waals surface area contributed by atoms with Crippen molar-refractivity contribution in [3.63, 3.8) is 0 Å². The summed E-state index contributed by atoms with van der Waals surface area (Å²) >= 11 is 0. The number of nitrogens with one attached hydrogen (secondary N) is 1. The number of rotatable bonds is 5. The average molecular weight is 264 g/mol. The predicted octanol–water partition coefficient (Wildman–Crippen LogP) is 3.42. The smallest absolute Gasteiger partial charge is 0.0124 e. The van der Waals surface area contributed by atoms with Gasteiger partial charge in [0.25, 0.3) is 0 Å². The quantitative estimate of drug-likeness (QED) is 0.818. The Morgan fingerprint density at radius 2 is 1.79 bits per heavy atom. The molecule has 3 atom stereocenters. The van der Waals surface area contributed by atoms with Gasteiger partial charge in [-0.3, -0.25) is 0 Å². The molecule has 0 aromatic heterocycles. The normalized spacial score (nSPS) is 37.4. The first kappa shape index (κ1) is 13.9. The molecule has 0 radical (unpaired) electrons. The van der Waals surface area contributed by atoms with Crippen molar-refractivity contribution in [1.29, 1.82) is 0 Å². The molecular formula is C17H32N2. The molecule has 2 aliphatic carbocycles. The fourth-order valence-electron chi connectivity index (χ4n) is 5.10. The van der Waals surface area contributed by atoms with Crippen LogP contribution in [0, 0.1) is 11.8 Å². The Hall–Kier alpha value is -0.0800.